The third-order valence-corrected chi connectivity index (χ3v) is 2.62. The zero-order valence-corrected chi connectivity index (χ0v) is 10.2. The van der Waals surface area contributed by atoms with Crippen molar-refractivity contribution in [3.05, 3.63) is 24.0 Å². The molecule has 0 aliphatic heterocycles. The van der Waals surface area contributed by atoms with Gasteiger partial charge in [-0.2, -0.15) is 5.26 Å². The normalized spacial score (nSPS) is 11.8. The second kappa shape index (κ2) is 6.71. The zero-order chi connectivity index (χ0) is 12.7. The number of carbonyl (C=O) groups excluding carboxylic acids is 1. The van der Waals surface area contributed by atoms with Crippen molar-refractivity contribution in [2.45, 2.75) is 25.9 Å². The molecule has 1 rings (SSSR count). The van der Waals surface area contributed by atoms with Gasteiger partial charge in [-0.05, 0) is 25.1 Å². The molecule has 0 aliphatic carbocycles. The zero-order valence-electron chi connectivity index (χ0n) is 10.2. The van der Waals surface area contributed by atoms with Gasteiger partial charge in [-0.15, -0.1) is 0 Å². The quantitative estimate of drug-likeness (QED) is 0.715. The lowest BCUT2D eigenvalue weighted by Crippen LogP contribution is -2.27. The Bertz CT molecular complexity index is 401. The van der Waals surface area contributed by atoms with E-state index in [1.807, 2.05) is 36.1 Å². The van der Waals surface area contributed by atoms with E-state index < -0.39 is 0 Å². The second-order valence-corrected chi connectivity index (χ2v) is 3.80. The maximum Gasteiger partial charge on any atom is 0.240 e. The van der Waals surface area contributed by atoms with Gasteiger partial charge in [0.25, 0.3) is 0 Å². The molecule has 1 amide bonds. The molecule has 1 unspecified atom stereocenters. The molecule has 0 aliphatic rings. The minimum Gasteiger partial charge on any atom is -0.345 e. The van der Waals surface area contributed by atoms with Gasteiger partial charge < -0.3 is 15.2 Å². The van der Waals surface area contributed by atoms with E-state index in [1.165, 1.54) is 5.56 Å². The molecule has 0 spiro atoms. The summed E-state index contributed by atoms with van der Waals surface area (Å²) in [4.78, 5) is 11.4. The lowest BCUT2D eigenvalue weighted by Gasteiger charge is -2.11. The van der Waals surface area contributed by atoms with Crippen LogP contribution in [-0.2, 0) is 11.3 Å². The number of amides is 1. The fraction of sp³-hybridized carbons (Fsp3) is 0.500. The topological polar surface area (TPSA) is 69.8 Å². The number of hydrogen-bond acceptors (Lipinski definition) is 3. The van der Waals surface area contributed by atoms with E-state index in [2.05, 4.69) is 17.6 Å². The smallest absolute Gasteiger partial charge is 0.240 e. The van der Waals surface area contributed by atoms with E-state index >= 15 is 0 Å². The number of carbonyl (C=O) groups is 1. The van der Waals surface area contributed by atoms with Crippen LogP contribution in [0, 0.1) is 11.3 Å². The minimum atomic E-state index is -0.147. The van der Waals surface area contributed by atoms with Crippen LogP contribution in [-0.4, -0.2) is 24.1 Å². The summed E-state index contributed by atoms with van der Waals surface area (Å²) in [5.74, 6) is -0.147. The van der Waals surface area contributed by atoms with Gasteiger partial charge in [-0.25, -0.2) is 0 Å². The highest BCUT2D eigenvalue weighted by Gasteiger charge is 2.09. The van der Waals surface area contributed by atoms with Crippen molar-refractivity contribution in [2.75, 3.05) is 13.6 Å². The van der Waals surface area contributed by atoms with E-state index in [-0.39, 0.29) is 19.0 Å². The fourth-order valence-corrected chi connectivity index (χ4v) is 1.73. The largest absolute Gasteiger partial charge is 0.345 e. The molecule has 0 fully saturated rings. The maximum absolute atomic E-state index is 11.4. The molecule has 17 heavy (non-hydrogen) atoms. The second-order valence-electron chi connectivity index (χ2n) is 3.80. The van der Waals surface area contributed by atoms with Crippen molar-refractivity contribution >= 4 is 5.91 Å². The van der Waals surface area contributed by atoms with Crippen molar-refractivity contribution in [1.82, 2.24) is 15.2 Å². The monoisotopic (exact) mass is 234 g/mol. The fourth-order valence-electron chi connectivity index (χ4n) is 1.73. The molecular formula is C12H18N4O. The molecule has 2 N–H and O–H groups in total. The van der Waals surface area contributed by atoms with Gasteiger partial charge in [-0.3, -0.25) is 4.79 Å². The summed E-state index contributed by atoms with van der Waals surface area (Å²) < 4.78 is 1.82. The Labute approximate surface area is 101 Å². The minimum absolute atomic E-state index is 0.0566. The average Bonchev–Trinajstić information content (AvgIpc) is 2.76. The Kier molecular flexibility index (Phi) is 5.24. The van der Waals surface area contributed by atoms with Gasteiger partial charge in [0.1, 0.15) is 13.1 Å². The van der Waals surface area contributed by atoms with Crippen LogP contribution in [0.5, 0.6) is 0 Å². The number of nitrogens with zero attached hydrogens (tertiary/aromatic N) is 2. The lowest BCUT2D eigenvalue weighted by molar-refractivity contribution is -0.121. The summed E-state index contributed by atoms with van der Waals surface area (Å²) in [6.07, 6.45) is 4.83. The Morgan fingerprint density at radius 2 is 2.41 bits per heavy atom. The SMILES string of the molecule is CCC(NC)c1ccn(CC(=O)NCC#N)c1. The lowest BCUT2D eigenvalue weighted by atomic mass is 10.1. The molecule has 1 atom stereocenters. The maximum atomic E-state index is 11.4. The predicted molar refractivity (Wildman–Crippen MR) is 65.1 cm³/mol. The summed E-state index contributed by atoms with van der Waals surface area (Å²) in [6.45, 7) is 2.42. The Balaban J connectivity index is 2.56. The van der Waals surface area contributed by atoms with Gasteiger partial charge in [0, 0.05) is 18.4 Å². The van der Waals surface area contributed by atoms with E-state index in [0.29, 0.717) is 6.04 Å². The van der Waals surface area contributed by atoms with E-state index in [9.17, 15) is 4.79 Å². The molecule has 0 saturated heterocycles. The molecule has 5 nitrogen and oxygen atoms in total. The molecule has 1 aromatic rings. The van der Waals surface area contributed by atoms with Gasteiger partial charge in [0.05, 0.1) is 6.07 Å². The van der Waals surface area contributed by atoms with Gasteiger partial charge in [-0.1, -0.05) is 6.92 Å². The number of nitrogens with one attached hydrogen (secondary N) is 2. The van der Waals surface area contributed by atoms with Crippen LogP contribution in [0.2, 0.25) is 0 Å². The number of hydrogen-bond donors (Lipinski definition) is 2. The van der Waals surface area contributed by atoms with E-state index in [4.69, 9.17) is 5.26 Å². The van der Waals surface area contributed by atoms with E-state index in [0.717, 1.165) is 6.42 Å². The van der Waals surface area contributed by atoms with Crippen LogP contribution in [0.15, 0.2) is 18.5 Å². The number of nitriles is 1. The molecule has 0 bridgehead atoms. The molecule has 1 aromatic heterocycles. The third-order valence-electron chi connectivity index (χ3n) is 2.62. The van der Waals surface area contributed by atoms with Crippen LogP contribution in [0.25, 0.3) is 0 Å². The first-order chi connectivity index (χ1) is 8.21. The summed E-state index contributed by atoms with van der Waals surface area (Å²) in [5, 5.41) is 14.1. The summed E-state index contributed by atoms with van der Waals surface area (Å²) in [5.41, 5.74) is 1.17. The van der Waals surface area contributed by atoms with Crippen molar-refractivity contribution in [3.63, 3.8) is 0 Å². The Morgan fingerprint density at radius 3 is 3.00 bits per heavy atom. The molecule has 5 heteroatoms. The first-order valence-corrected chi connectivity index (χ1v) is 5.67. The van der Waals surface area contributed by atoms with Crippen LogP contribution in [0.3, 0.4) is 0 Å². The molecule has 0 aromatic carbocycles. The predicted octanol–water partition coefficient (Wildman–Crippen LogP) is 0.798. The van der Waals surface area contributed by atoms with Gasteiger partial charge in [0.15, 0.2) is 0 Å². The highest BCUT2D eigenvalue weighted by atomic mass is 16.1. The Morgan fingerprint density at radius 1 is 1.65 bits per heavy atom. The standard InChI is InChI=1S/C12H18N4O/c1-3-11(14-2)10-4-7-16(8-10)9-12(17)15-6-5-13/h4,7-8,11,14H,3,6,9H2,1-2H3,(H,15,17). The number of rotatable bonds is 6. The molecule has 0 saturated carbocycles. The molecular weight excluding hydrogens is 216 g/mol. The highest BCUT2D eigenvalue weighted by molar-refractivity contribution is 5.75. The summed E-state index contributed by atoms with van der Waals surface area (Å²) in [7, 11) is 1.92. The molecule has 1 heterocycles. The number of aromatic nitrogens is 1. The van der Waals surface area contributed by atoms with Crippen LogP contribution in [0.1, 0.15) is 24.9 Å². The highest BCUT2D eigenvalue weighted by Crippen LogP contribution is 2.15. The van der Waals surface area contributed by atoms with Crippen LogP contribution >= 0.6 is 0 Å². The molecule has 92 valence electrons. The first-order valence-electron chi connectivity index (χ1n) is 5.67. The van der Waals surface area contributed by atoms with Crippen molar-refractivity contribution < 1.29 is 4.79 Å². The molecule has 0 radical (unpaired) electrons. The van der Waals surface area contributed by atoms with Crippen molar-refractivity contribution in [1.29, 1.82) is 5.26 Å². The summed E-state index contributed by atoms with van der Waals surface area (Å²) in [6, 6.07) is 4.20. The van der Waals surface area contributed by atoms with Crippen molar-refractivity contribution in [2.24, 2.45) is 0 Å². The first kappa shape index (κ1) is 13.3. The van der Waals surface area contributed by atoms with Gasteiger partial charge in [0.2, 0.25) is 5.91 Å². The van der Waals surface area contributed by atoms with Gasteiger partial charge >= 0.3 is 0 Å². The van der Waals surface area contributed by atoms with E-state index in [1.54, 1.807) is 0 Å². The Hall–Kier alpha value is -1.80. The summed E-state index contributed by atoms with van der Waals surface area (Å²) >= 11 is 0. The van der Waals surface area contributed by atoms with Crippen molar-refractivity contribution in [3.8, 4) is 6.07 Å². The average molecular weight is 234 g/mol. The third kappa shape index (κ3) is 3.93. The van der Waals surface area contributed by atoms with Crippen LogP contribution < -0.4 is 10.6 Å². The van der Waals surface area contributed by atoms with Crippen LogP contribution in [0.4, 0.5) is 0 Å².